The molecule has 0 amide bonds. The molecule has 2 unspecified atom stereocenters. The number of carbonyl (C=O) groups excluding carboxylic acids is 1. The van der Waals surface area contributed by atoms with Gasteiger partial charge in [-0.15, -0.1) is 0 Å². The van der Waals surface area contributed by atoms with Crippen molar-refractivity contribution < 1.29 is 14.6 Å². The summed E-state index contributed by atoms with van der Waals surface area (Å²) in [6.07, 6.45) is 4.99. The molecule has 0 aromatic carbocycles. The third-order valence-electron chi connectivity index (χ3n) is 4.76. The lowest BCUT2D eigenvalue weighted by atomic mass is 9.67. The first kappa shape index (κ1) is 9.19. The first-order valence-corrected chi connectivity index (χ1v) is 6.08. The van der Waals surface area contributed by atoms with E-state index in [0.717, 1.165) is 31.4 Å². The maximum atomic E-state index is 11.5. The maximum absolute atomic E-state index is 11.5. The minimum Gasteiger partial charge on any atom is -0.450 e. The van der Waals surface area contributed by atoms with Gasteiger partial charge in [-0.05, 0) is 31.4 Å². The zero-order chi connectivity index (χ0) is 10.9. The second-order valence-corrected chi connectivity index (χ2v) is 5.42. The fourth-order valence-corrected chi connectivity index (χ4v) is 4.19. The van der Waals surface area contributed by atoms with E-state index in [9.17, 15) is 9.90 Å². The van der Waals surface area contributed by atoms with Crippen molar-refractivity contribution in [3.05, 3.63) is 11.6 Å². The molecule has 1 spiro atoms. The molecule has 0 radical (unpaired) electrons. The number of nitrogens with zero attached hydrogens (tertiary/aromatic N) is 1. The average molecular weight is 221 g/mol. The molecule has 1 N–H and O–H groups in total. The lowest BCUT2D eigenvalue weighted by Crippen LogP contribution is -2.68. The van der Waals surface area contributed by atoms with Crippen LogP contribution in [0, 0.1) is 0 Å². The van der Waals surface area contributed by atoms with Gasteiger partial charge in [0.2, 0.25) is 0 Å². The van der Waals surface area contributed by atoms with Crippen molar-refractivity contribution in [1.29, 1.82) is 0 Å². The third-order valence-corrected chi connectivity index (χ3v) is 4.76. The highest BCUT2D eigenvalue weighted by Crippen LogP contribution is 2.53. The van der Waals surface area contributed by atoms with Crippen molar-refractivity contribution in [3.63, 3.8) is 0 Å². The van der Waals surface area contributed by atoms with Gasteiger partial charge >= 0.3 is 5.97 Å². The van der Waals surface area contributed by atoms with Crippen LogP contribution >= 0.6 is 0 Å². The number of aliphatic hydroxyl groups excluding tert-OH is 1. The fraction of sp³-hybridized carbons (Fsp3) is 0.750. The standard InChI is InChI=1S/C12H15NO3/c14-9-6-12-7(5-11(15)16-12)4-8(9)13-3-1-2-10(12)13/h5,8-10,14H,1-4,6H2/t8?,9-,10-,12?/m1/s1. The van der Waals surface area contributed by atoms with Crippen molar-refractivity contribution in [3.8, 4) is 0 Å². The van der Waals surface area contributed by atoms with E-state index in [1.54, 1.807) is 6.08 Å². The fourth-order valence-electron chi connectivity index (χ4n) is 4.19. The van der Waals surface area contributed by atoms with E-state index in [-0.39, 0.29) is 18.1 Å². The van der Waals surface area contributed by atoms with Crippen LogP contribution < -0.4 is 0 Å². The lowest BCUT2D eigenvalue weighted by molar-refractivity contribution is -0.176. The van der Waals surface area contributed by atoms with Crippen molar-refractivity contribution in [2.45, 2.75) is 49.5 Å². The molecule has 2 bridgehead atoms. The topological polar surface area (TPSA) is 49.8 Å². The Morgan fingerprint density at radius 2 is 2.44 bits per heavy atom. The number of esters is 1. The Hall–Kier alpha value is -0.870. The predicted molar refractivity (Wildman–Crippen MR) is 55.7 cm³/mol. The number of hydrogen-bond donors (Lipinski definition) is 1. The molecule has 5 rings (SSSR count). The highest BCUT2D eigenvalue weighted by Gasteiger charge is 2.63. The number of piperidine rings is 2. The largest absolute Gasteiger partial charge is 0.450 e. The predicted octanol–water partition coefficient (Wildman–Crippen LogP) is 0.210. The Balaban J connectivity index is 1.86. The Bertz CT molecular complexity index is 405. The summed E-state index contributed by atoms with van der Waals surface area (Å²) in [4.78, 5) is 13.9. The molecule has 4 atom stereocenters. The van der Waals surface area contributed by atoms with Crippen molar-refractivity contribution in [2.24, 2.45) is 0 Å². The van der Waals surface area contributed by atoms with Crippen LogP contribution in [0.15, 0.2) is 11.6 Å². The summed E-state index contributed by atoms with van der Waals surface area (Å²) >= 11 is 0. The first-order chi connectivity index (χ1) is 7.71. The molecule has 5 aliphatic rings. The van der Waals surface area contributed by atoms with Gasteiger partial charge in [0.25, 0.3) is 0 Å². The molecule has 3 saturated heterocycles. The zero-order valence-corrected chi connectivity index (χ0v) is 9.06. The van der Waals surface area contributed by atoms with Crippen LogP contribution in [0.1, 0.15) is 25.7 Å². The summed E-state index contributed by atoms with van der Waals surface area (Å²) in [5.41, 5.74) is 0.665. The molecule has 4 heterocycles. The van der Waals surface area contributed by atoms with E-state index in [4.69, 9.17) is 4.74 Å². The number of rotatable bonds is 0. The van der Waals surface area contributed by atoms with Crippen LogP contribution in [0.3, 0.4) is 0 Å². The van der Waals surface area contributed by atoms with Gasteiger partial charge in [0.05, 0.1) is 12.1 Å². The Kier molecular flexibility index (Phi) is 1.54. The van der Waals surface area contributed by atoms with E-state index in [1.807, 2.05) is 0 Å². The molecule has 0 aromatic heterocycles. The van der Waals surface area contributed by atoms with E-state index in [0.29, 0.717) is 12.5 Å². The normalized spacial score (nSPS) is 49.9. The molecule has 4 heteroatoms. The molecular formula is C12H15NO3. The van der Waals surface area contributed by atoms with Crippen molar-refractivity contribution in [1.82, 2.24) is 4.90 Å². The van der Waals surface area contributed by atoms with Crippen LogP contribution in [-0.4, -0.2) is 46.3 Å². The molecule has 16 heavy (non-hydrogen) atoms. The van der Waals surface area contributed by atoms with Gasteiger partial charge in [-0.1, -0.05) is 0 Å². The molecule has 1 aliphatic carbocycles. The smallest absolute Gasteiger partial charge is 0.331 e. The highest BCUT2D eigenvalue weighted by molar-refractivity contribution is 5.87. The summed E-state index contributed by atoms with van der Waals surface area (Å²) < 4.78 is 5.59. The Morgan fingerprint density at radius 3 is 3.31 bits per heavy atom. The van der Waals surface area contributed by atoms with Gasteiger partial charge in [-0.3, -0.25) is 4.90 Å². The Labute approximate surface area is 93.9 Å². The van der Waals surface area contributed by atoms with Crippen molar-refractivity contribution >= 4 is 5.97 Å². The third kappa shape index (κ3) is 0.870. The number of ether oxygens (including phenoxy) is 1. The molecule has 4 fully saturated rings. The van der Waals surface area contributed by atoms with Crippen LogP contribution in [0.2, 0.25) is 0 Å². The monoisotopic (exact) mass is 221 g/mol. The first-order valence-electron chi connectivity index (χ1n) is 6.08. The van der Waals surface area contributed by atoms with Gasteiger partial charge in [-0.2, -0.15) is 0 Å². The molecule has 1 saturated carbocycles. The minimum absolute atomic E-state index is 0.211. The SMILES string of the molecule is O=C1C=C2CC3[C@H](O)CC2(O1)[C@H]1CCCN31. The van der Waals surface area contributed by atoms with Crippen LogP contribution in [0.4, 0.5) is 0 Å². The van der Waals surface area contributed by atoms with Crippen molar-refractivity contribution in [2.75, 3.05) is 6.54 Å². The number of fused-ring (bicyclic) bond motifs is 1. The number of carbonyl (C=O) groups is 1. The van der Waals surface area contributed by atoms with E-state index in [2.05, 4.69) is 4.90 Å². The van der Waals surface area contributed by atoms with Gasteiger partial charge in [0.15, 0.2) is 5.60 Å². The number of aliphatic hydroxyl groups is 1. The van der Waals surface area contributed by atoms with Crippen LogP contribution in [0.5, 0.6) is 0 Å². The van der Waals surface area contributed by atoms with Crippen LogP contribution in [0.25, 0.3) is 0 Å². The molecule has 0 aromatic rings. The molecular weight excluding hydrogens is 206 g/mol. The summed E-state index contributed by atoms with van der Waals surface area (Å²) in [5.74, 6) is -0.211. The van der Waals surface area contributed by atoms with Gasteiger partial charge in [0, 0.05) is 18.5 Å². The summed E-state index contributed by atoms with van der Waals surface area (Å²) in [7, 11) is 0. The zero-order valence-electron chi connectivity index (χ0n) is 9.06. The average Bonchev–Trinajstić information content (AvgIpc) is 2.79. The summed E-state index contributed by atoms with van der Waals surface area (Å²) in [6.45, 7) is 1.04. The lowest BCUT2D eigenvalue weighted by Gasteiger charge is -2.56. The Morgan fingerprint density at radius 1 is 1.56 bits per heavy atom. The number of hydrogen-bond acceptors (Lipinski definition) is 4. The van der Waals surface area contributed by atoms with Crippen LogP contribution in [-0.2, 0) is 9.53 Å². The summed E-state index contributed by atoms with van der Waals surface area (Å²) in [5, 5.41) is 10.1. The molecule has 86 valence electrons. The minimum atomic E-state index is -0.470. The molecule has 4 nitrogen and oxygen atoms in total. The molecule has 4 aliphatic heterocycles. The highest BCUT2D eigenvalue weighted by atomic mass is 16.6. The summed E-state index contributed by atoms with van der Waals surface area (Å²) in [6, 6.07) is 0.544. The van der Waals surface area contributed by atoms with E-state index < -0.39 is 5.60 Å². The second kappa shape index (κ2) is 2.68. The van der Waals surface area contributed by atoms with Gasteiger partial charge in [0.1, 0.15) is 0 Å². The van der Waals surface area contributed by atoms with E-state index >= 15 is 0 Å². The maximum Gasteiger partial charge on any atom is 0.331 e. The quantitative estimate of drug-likeness (QED) is 0.594. The van der Waals surface area contributed by atoms with Gasteiger partial charge < -0.3 is 9.84 Å². The van der Waals surface area contributed by atoms with Gasteiger partial charge in [-0.25, -0.2) is 4.79 Å². The van der Waals surface area contributed by atoms with E-state index in [1.165, 1.54) is 0 Å². The second-order valence-electron chi connectivity index (χ2n) is 5.42.